The summed E-state index contributed by atoms with van der Waals surface area (Å²) in [5, 5.41) is 9.10. The predicted molar refractivity (Wildman–Crippen MR) is 106 cm³/mol. The molecule has 0 aliphatic carbocycles. The maximum absolute atomic E-state index is 11.1. The van der Waals surface area contributed by atoms with Crippen LogP contribution in [0.3, 0.4) is 0 Å². The number of aliphatic carboxylic acids is 1. The molecule has 1 fully saturated rings. The van der Waals surface area contributed by atoms with Crippen molar-refractivity contribution in [1.29, 1.82) is 0 Å². The second-order valence-corrected chi connectivity index (χ2v) is 7.94. The van der Waals surface area contributed by atoms with E-state index in [2.05, 4.69) is 46.8 Å². The van der Waals surface area contributed by atoms with Gasteiger partial charge in [-0.05, 0) is 56.3 Å². The Balaban J connectivity index is 2.78. The molecule has 1 heterocycles. The van der Waals surface area contributed by atoms with Crippen LogP contribution in [0.5, 0.6) is 0 Å². The maximum Gasteiger partial charge on any atom is 0.306 e. The summed E-state index contributed by atoms with van der Waals surface area (Å²) in [6.45, 7) is 11.0. The van der Waals surface area contributed by atoms with Gasteiger partial charge in [-0.25, -0.2) is 9.78 Å². The largest absolute Gasteiger partial charge is 0.481 e. The number of carbonyl (C=O) groups is 1. The molecule has 1 N–H and O–H groups in total. The van der Waals surface area contributed by atoms with E-state index < -0.39 is 5.97 Å². The van der Waals surface area contributed by atoms with Crippen LogP contribution in [0.25, 0.3) is 0 Å². The lowest BCUT2D eigenvalue weighted by molar-refractivity contribution is -0.424. The van der Waals surface area contributed by atoms with Crippen molar-refractivity contribution in [2.45, 2.75) is 104 Å². The van der Waals surface area contributed by atoms with Gasteiger partial charge in [0.15, 0.2) is 0 Å². The summed E-state index contributed by atoms with van der Waals surface area (Å²) in [4.78, 5) is 22.6. The molecule has 4 nitrogen and oxygen atoms in total. The van der Waals surface area contributed by atoms with Gasteiger partial charge in [-0.15, -0.1) is 0 Å². The SMILES string of the molecule is CCC=CC(CC)CC(CC)CC1(CC)CC(CC)C(CC(=O)O)OO1. The molecule has 0 saturated carbocycles. The third kappa shape index (κ3) is 7.03. The minimum Gasteiger partial charge on any atom is -0.481 e. The molecule has 1 aliphatic rings. The molecule has 0 amide bonds. The molecule has 4 heteroatoms. The molecule has 1 saturated heterocycles. The van der Waals surface area contributed by atoms with E-state index in [4.69, 9.17) is 14.9 Å². The third-order valence-electron chi connectivity index (χ3n) is 6.10. The first-order valence-electron chi connectivity index (χ1n) is 10.7. The van der Waals surface area contributed by atoms with Crippen molar-refractivity contribution in [3.63, 3.8) is 0 Å². The van der Waals surface area contributed by atoms with Crippen LogP contribution < -0.4 is 0 Å². The Labute approximate surface area is 160 Å². The second kappa shape index (κ2) is 11.8. The minimum absolute atomic E-state index is 0.0230. The fourth-order valence-corrected chi connectivity index (χ4v) is 4.19. The summed E-state index contributed by atoms with van der Waals surface area (Å²) in [7, 11) is 0. The zero-order chi connectivity index (χ0) is 19.6. The summed E-state index contributed by atoms with van der Waals surface area (Å²) < 4.78 is 0. The van der Waals surface area contributed by atoms with E-state index in [1.807, 2.05) is 0 Å². The molecular formula is C22H40O4. The number of carboxylic acids is 1. The summed E-state index contributed by atoms with van der Waals surface area (Å²) in [5.74, 6) is 0.652. The number of carboxylic acid groups (broad SMARTS) is 1. The van der Waals surface area contributed by atoms with Crippen LogP contribution in [0.1, 0.15) is 92.4 Å². The Morgan fingerprint density at radius 3 is 2.46 bits per heavy atom. The van der Waals surface area contributed by atoms with E-state index in [1.165, 1.54) is 12.8 Å². The molecule has 0 aromatic heterocycles. The van der Waals surface area contributed by atoms with Crippen molar-refractivity contribution in [3.8, 4) is 0 Å². The molecule has 1 rings (SSSR count). The lowest BCUT2D eigenvalue weighted by Gasteiger charge is -2.44. The standard InChI is InChI=1S/C22H40O4/c1-6-11-12-17(7-2)13-18(8-3)15-22(10-5)16-19(9-4)20(25-26-22)14-21(23)24/h11-12,17-20H,6-10,13-16H2,1-5H3,(H,23,24). The first kappa shape index (κ1) is 23.2. The van der Waals surface area contributed by atoms with Crippen molar-refractivity contribution >= 4 is 5.97 Å². The number of allylic oxidation sites excluding steroid dienone is 2. The highest BCUT2D eigenvalue weighted by atomic mass is 17.2. The zero-order valence-electron chi connectivity index (χ0n) is 17.5. The predicted octanol–water partition coefficient (Wildman–Crippen LogP) is 6.16. The number of hydrogen-bond acceptors (Lipinski definition) is 3. The van der Waals surface area contributed by atoms with Crippen LogP contribution >= 0.6 is 0 Å². The Morgan fingerprint density at radius 1 is 1.23 bits per heavy atom. The fourth-order valence-electron chi connectivity index (χ4n) is 4.19. The van der Waals surface area contributed by atoms with Gasteiger partial charge in [0, 0.05) is 0 Å². The first-order valence-corrected chi connectivity index (χ1v) is 10.7. The first-order chi connectivity index (χ1) is 12.4. The van der Waals surface area contributed by atoms with E-state index in [1.54, 1.807) is 0 Å². The van der Waals surface area contributed by atoms with E-state index in [0.29, 0.717) is 11.8 Å². The maximum atomic E-state index is 11.1. The Bertz CT molecular complexity index is 434. The second-order valence-electron chi connectivity index (χ2n) is 7.94. The molecule has 5 unspecified atom stereocenters. The van der Waals surface area contributed by atoms with E-state index in [9.17, 15) is 4.79 Å². The topological polar surface area (TPSA) is 55.8 Å². The van der Waals surface area contributed by atoms with Crippen LogP contribution in [-0.2, 0) is 14.6 Å². The van der Waals surface area contributed by atoms with Crippen LogP contribution in [0.15, 0.2) is 12.2 Å². The van der Waals surface area contributed by atoms with Gasteiger partial charge < -0.3 is 5.11 Å². The van der Waals surface area contributed by atoms with Gasteiger partial charge in [-0.3, -0.25) is 4.79 Å². The highest BCUT2D eigenvalue weighted by Crippen LogP contribution is 2.42. The van der Waals surface area contributed by atoms with Crippen LogP contribution in [-0.4, -0.2) is 22.8 Å². The quantitative estimate of drug-likeness (QED) is 0.331. The molecule has 5 atom stereocenters. The Kier molecular flexibility index (Phi) is 10.5. The summed E-state index contributed by atoms with van der Waals surface area (Å²) in [6.07, 6.45) is 12.6. The van der Waals surface area contributed by atoms with Crippen molar-refractivity contribution in [1.82, 2.24) is 0 Å². The van der Waals surface area contributed by atoms with Crippen molar-refractivity contribution in [3.05, 3.63) is 12.2 Å². The lowest BCUT2D eigenvalue weighted by Crippen LogP contribution is -2.46. The normalized spacial score (nSPS) is 29.0. The lowest BCUT2D eigenvalue weighted by atomic mass is 9.75. The Hall–Kier alpha value is -0.870. The van der Waals surface area contributed by atoms with Crippen LogP contribution in [0, 0.1) is 17.8 Å². The fraction of sp³-hybridized carbons (Fsp3) is 0.864. The van der Waals surface area contributed by atoms with Crippen molar-refractivity contribution in [2.75, 3.05) is 0 Å². The summed E-state index contributed by atoms with van der Waals surface area (Å²) >= 11 is 0. The minimum atomic E-state index is -0.819. The van der Waals surface area contributed by atoms with Gasteiger partial charge in [-0.2, -0.15) is 0 Å². The molecule has 26 heavy (non-hydrogen) atoms. The molecule has 152 valence electrons. The van der Waals surface area contributed by atoms with Crippen molar-refractivity contribution in [2.24, 2.45) is 17.8 Å². The van der Waals surface area contributed by atoms with Gasteiger partial charge >= 0.3 is 5.97 Å². The summed E-state index contributed by atoms with van der Waals surface area (Å²) in [5.41, 5.74) is -0.275. The van der Waals surface area contributed by atoms with E-state index in [0.717, 1.165) is 38.5 Å². The number of hydrogen-bond donors (Lipinski definition) is 1. The molecule has 0 radical (unpaired) electrons. The van der Waals surface area contributed by atoms with Crippen LogP contribution in [0.4, 0.5) is 0 Å². The zero-order valence-corrected chi connectivity index (χ0v) is 17.5. The molecule has 1 aliphatic heterocycles. The molecular weight excluding hydrogens is 328 g/mol. The van der Waals surface area contributed by atoms with Gasteiger partial charge in [0.1, 0.15) is 11.7 Å². The average Bonchev–Trinajstić information content (AvgIpc) is 2.65. The van der Waals surface area contributed by atoms with Gasteiger partial charge in [-0.1, -0.05) is 59.6 Å². The highest BCUT2D eigenvalue weighted by Gasteiger charge is 2.43. The van der Waals surface area contributed by atoms with Crippen LogP contribution in [0.2, 0.25) is 0 Å². The van der Waals surface area contributed by atoms with Gasteiger partial charge in [0.25, 0.3) is 0 Å². The third-order valence-corrected chi connectivity index (χ3v) is 6.10. The monoisotopic (exact) mass is 368 g/mol. The smallest absolute Gasteiger partial charge is 0.306 e. The Morgan fingerprint density at radius 2 is 1.96 bits per heavy atom. The molecule has 0 aromatic rings. The van der Waals surface area contributed by atoms with Gasteiger partial charge in [0.05, 0.1) is 6.42 Å². The number of rotatable bonds is 12. The molecule has 0 aromatic carbocycles. The summed E-state index contributed by atoms with van der Waals surface area (Å²) in [6, 6.07) is 0. The molecule has 0 bridgehead atoms. The average molecular weight is 369 g/mol. The van der Waals surface area contributed by atoms with E-state index >= 15 is 0 Å². The molecule has 0 spiro atoms. The highest BCUT2D eigenvalue weighted by molar-refractivity contribution is 5.67. The van der Waals surface area contributed by atoms with Gasteiger partial charge in [0.2, 0.25) is 0 Å². The van der Waals surface area contributed by atoms with Crippen molar-refractivity contribution < 1.29 is 19.7 Å². The van der Waals surface area contributed by atoms with E-state index in [-0.39, 0.29) is 24.0 Å².